The summed E-state index contributed by atoms with van der Waals surface area (Å²) in [6.45, 7) is 1.57. The summed E-state index contributed by atoms with van der Waals surface area (Å²) in [5.41, 5.74) is 1.83. The Hall–Kier alpha value is -1.64. The fraction of sp³-hybridized carbons (Fsp3) is 0.600. The van der Waals surface area contributed by atoms with Crippen LogP contribution in [0.15, 0.2) is 24.3 Å². The Labute approximate surface area is 139 Å². The van der Waals surface area contributed by atoms with Crippen LogP contribution < -0.4 is 5.32 Å². The second kappa shape index (κ2) is 9.49. The number of carbonyl (C=O) groups is 2. The molecule has 1 N–H and O–H groups in total. The van der Waals surface area contributed by atoms with E-state index in [1.54, 1.807) is 6.92 Å². The molecule has 0 aromatic heterocycles. The standard InChI is InChI=1S/C20H29NO2/c1-16(22)19-15-9-7-5-3-2-4-6-8-12-17-13-10-11-14-18(17)20(23)21-19/h10-11,13-14,19H,2-9,12,15H2,1H3,(H,21,23)/t19-/m0/s1. The van der Waals surface area contributed by atoms with Crippen molar-refractivity contribution in [2.75, 3.05) is 0 Å². The number of hydrogen-bond donors (Lipinski definition) is 1. The molecule has 1 atom stereocenters. The highest BCUT2D eigenvalue weighted by Crippen LogP contribution is 2.17. The molecule has 0 aliphatic carbocycles. The second-order valence-electron chi connectivity index (χ2n) is 6.66. The smallest absolute Gasteiger partial charge is 0.252 e. The highest BCUT2D eigenvalue weighted by atomic mass is 16.2. The Morgan fingerprint density at radius 1 is 0.957 bits per heavy atom. The summed E-state index contributed by atoms with van der Waals surface area (Å²) in [7, 11) is 0. The molecule has 2 rings (SSSR count). The van der Waals surface area contributed by atoms with Crippen molar-refractivity contribution in [3.8, 4) is 0 Å². The monoisotopic (exact) mass is 315 g/mol. The number of hydrogen-bond acceptors (Lipinski definition) is 2. The van der Waals surface area contributed by atoms with E-state index in [9.17, 15) is 9.59 Å². The third-order valence-corrected chi connectivity index (χ3v) is 4.75. The number of nitrogens with one attached hydrogen (secondary N) is 1. The fourth-order valence-corrected chi connectivity index (χ4v) is 3.30. The van der Waals surface area contributed by atoms with Crippen LogP contribution >= 0.6 is 0 Å². The molecule has 1 aliphatic heterocycles. The van der Waals surface area contributed by atoms with E-state index < -0.39 is 0 Å². The van der Waals surface area contributed by atoms with Crippen LogP contribution in [0.25, 0.3) is 0 Å². The molecule has 0 radical (unpaired) electrons. The van der Waals surface area contributed by atoms with Gasteiger partial charge in [0.15, 0.2) is 5.78 Å². The lowest BCUT2D eigenvalue weighted by Gasteiger charge is -2.17. The van der Waals surface area contributed by atoms with Crippen molar-refractivity contribution in [3.05, 3.63) is 35.4 Å². The van der Waals surface area contributed by atoms with Crippen molar-refractivity contribution in [1.29, 1.82) is 0 Å². The number of aryl methyl sites for hydroxylation is 1. The van der Waals surface area contributed by atoms with Crippen LogP contribution in [-0.2, 0) is 11.2 Å². The van der Waals surface area contributed by atoms with Gasteiger partial charge in [-0.2, -0.15) is 0 Å². The number of benzene rings is 1. The number of Topliss-reactive ketones (excluding diaryl/α,β-unsaturated/α-hetero) is 1. The zero-order chi connectivity index (χ0) is 16.5. The molecule has 0 saturated carbocycles. The van der Waals surface area contributed by atoms with Crippen LogP contribution in [0.5, 0.6) is 0 Å². The van der Waals surface area contributed by atoms with E-state index in [1.165, 1.54) is 32.1 Å². The molecule has 1 aliphatic rings. The summed E-state index contributed by atoms with van der Waals surface area (Å²) >= 11 is 0. The van der Waals surface area contributed by atoms with Gasteiger partial charge in [-0.15, -0.1) is 0 Å². The zero-order valence-corrected chi connectivity index (χ0v) is 14.3. The summed E-state index contributed by atoms with van der Waals surface area (Å²) in [4.78, 5) is 24.4. The van der Waals surface area contributed by atoms with Crippen LogP contribution in [0, 0.1) is 0 Å². The maximum Gasteiger partial charge on any atom is 0.252 e. The summed E-state index contributed by atoms with van der Waals surface area (Å²) in [5.74, 6) is -0.0455. The van der Waals surface area contributed by atoms with Gasteiger partial charge >= 0.3 is 0 Å². The van der Waals surface area contributed by atoms with Gasteiger partial charge in [0.05, 0.1) is 6.04 Å². The lowest BCUT2D eigenvalue weighted by molar-refractivity contribution is -0.119. The Morgan fingerprint density at radius 2 is 1.57 bits per heavy atom. The lowest BCUT2D eigenvalue weighted by Crippen LogP contribution is -2.40. The van der Waals surface area contributed by atoms with Crippen molar-refractivity contribution in [3.63, 3.8) is 0 Å². The molecule has 0 saturated heterocycles. The highest BCUT2D eigenvalue weighted by Gasteiger charge is 2.19. The summed E-state index contributed by atoms with van der Waals surface area (Å²) in [6.07, 6.45) is 11.3. The summed E-state index contributed by atoms with van der Waals surface area (Å²) in [5, 5.41) is 2.95. The molecule has 0 spiro atoms. The molecule has 0 fully saturated rings. The van der Waals surface area contributed by atoms with Crippen molar-refractivity contribution >= 4 is 11.7 Å². The first-order valence-electron chi connectivity index (χ1n) is 9.07. The maximum atomic E-state index is 12.6. The van der Waals surface area contributed by atoms with E-state index in [0.717, 1.165) is 43.2 Å². The van der Waals surface area contributed by atoms with Crippen LogP contribution in [0.2, 0.25) is 0 Å². The molecule has 0 bridgehead atoms. The largest absolute Gasteiger partial charge is 0.342 e. The van der Waals surface area contributed by atoms with Gasteiger partial charge in [0, 0.05) is 5.56 Å². The first-order chi connectivity index (χ1) is 11.2. The highest BCUT2D eigenvalue weighted by molar-refractivity contribution is 5.98. The Balaban J connectivity index is 2.13. The van der Waals surface area contributed by atoms with Crippen molar-refractivity contribution in [1.82, 2.24) is 5.32 Å². The SMILES string of the molecule is CC(=O)[C@@H]1CCCCCCCCCCc2ccccc2C(=O)N1. The van der Waals surface area contributed by atoms with Crippen LogP contribution in [0.3, 0.4) is 0 Å². The van der Waals surface area contributed by atoms with E-state index in [2.05, 4.69) is 5.32 Å². The van der Waals surface area contributed by atoms with Gasteiger partial charge in [-0.3, -0.25) is 9.59 Å². The molecule has 23 heavy (non-hydrogen) atoms. The number of amides is 1. The molecular formula is C20H29NO2. The molecule has 126 valence electrons. The predicted octanol–water partition coefficient (Wildman–Crippen LogP) is 4.44. The maximum absolute atomic E-state index is 12.6. The summed E-state index contributed by atoms with van der Waals surface area (Å²) < 4.78 is 0. The molecule has 1 aromatic carbocycles. The van der Waals surface area contributed by atoms with Crippen LogP contribution in [-0.4, -0.2) is 17.7 Å². The Kier molecular flexibility index (Phi) is 7.31. The van der Waals surface area contributed by atoms with Gasteiger partial charge < -0.3 is 5.32 Å². The molecular weight excluding hydrogens is 286 g/mol. The average molecular weight is 315 g/mol. The third kappa shape index (κ3) is 5.81. The topological polar surface area (TPSA) is 46.2 Å². The predicted molar refractivity (Wildman–Crippen MR) is 93.6 cm³/mol. The second-order valence-corrected chi connectivity index (χ2v) is 6.66. The zero-order valence-electron chi connectivity index (χ0n) is 14.3. The minimum absolute atomic E-state index is 0.0557. The van der Waals surface area contributed by atoms with Gasteiger partial charge in [0.2, 0.25) is 0 Å². The number of fused-ring (bicyclic) bond motifs is 1. The molecule has 1 amide bonds. The van der Waals surface area contributed by atoms with E-state index in [0.29, 0.717) is 0 Å². The number of ketones is 1. The van der Waals surface area contributed by atoms with Crippen molar-refractivity contribution in [2.45, 2.75) is 77.2 Å². The summed E-state index contributed by atoms with van der Waals surface area (Å²) in [6, 6.07) is 7.45. The minimum atomic E-state index is -0.347. The van der Waals surface area contributed by atoms with E-state index >= 15 is 0 Å². The fourth-order valence-electron chi connectivity index (χ4n) is 3.30. The van der Waals surface area contributed by atoms with E-state index in [-0.39, 0.29) is 17.7 Å². The van der Waals surface area contributed by atoms with Crippen LogP contribution in [0.4, 0.5) is 0 Å². The van der Waals surface area contributed by atoms with Gasteiger partial charge in [-0.05, 0) is 37.8 Å². The van der Waals surface area contributed by atoms with Gasteiger partial charge in [0.25, 0.3) is 5.91 Å². The normalized spacial score (nSPS) is 21.4. The van der Waals surface area contributed by atoms with Gasteiger partial charge in [-0.1, -0.05) is 63.1 Å². The minimum Gasteiger partial charge on any atom is -0.342 e. The van der Waals surface area contributed by atoms with Crippen LogP contribution in [0.1, 0.15) is 80.6 Å². The van der Waals surface area contributed by atoms with Crippen molar-refractivity contribution in [2.24, 2.45) is 0 Å². The van der Waals surface area contributed by atoms with Gasteiger partial charge in [0.1, 0.15) is 0 Å². The first kappa shape index (κ1) is 17.7. The molecule has 0 unspecified atom stereocenters. The molecule has 3 heteroatoms. The van der Waals surface area contributed by atoms with E-state index in [1.807, 2.05) is 24.3 Å². The molecule has 1 aromatic rings. The van der Waals surface area contributed by atoms with Crippen molar-refractivity contribution < 1.29 is 9.59 Å². The Morgan fingerprint density at radius 3 is 2.26 bits per heavy atom. The number of carbonyl (C=O) groups excluding carboxylic acids is 2. The average Bonchev–Trinajstić information content (AvgIpc) is 2.55. The van der Waals surface area contributed by atoms with E-state index in [4.69, 9.17) is 0 Å². The first-order valence-corrected chi connectivity index (χ1v) is 9.07. The Bertz CT molecular complexity index is 524. The molecule has 1 heterocycles. The number of rotatable bonds is 1. The quantitative estimate of drug-likeness (QED) is 0.832. The van der Waals surface area contributed by atoms with Gasteiger partial charge in [-0.25, -0.2) is 0 Å². The third-order valence-electron chi connectivity index (χ3n) is 4.75. The lowest BCUT2D eigenvalue weighted by atomic mass is 9.99. The molecule has 3 nitrogen and oxygen atoms in total.